The molecule has 1 aromatic heterocycles. The van der Waals surface area contributed by atoms with Gasteiger partial charge in [-0.05, 0) is 94.9 Å². The van der Waals surface area contributed by atoms with Crippen molar-refractivity contribution in [3.63, 3.8) is 0 Å². The van der Waals surface area contributed by atoms with Gasteiger partial charge in [0.15, 0.2) is 0 Å². The Morgan fingerprint density at radius 2 is 1.55 bits per heavy atom. The summed E-state index contributed by atoms with van der Waals surface area (Å²) in [5.74, 6) is 0.0342. The number of amides is 1. The molecule has 0 saturated heterocycles. The number of ether oxygens (including phenoxy) is 1. The summed E-state index contributed by atoms with van der Waals surface area (Å²) in [6, 6.07) is 4.20. The molecule has 0 bridgehead atoms. The summed E-state index contributed by atoms with van der Waals surface area (Å²) in [6.45, 7) is 3.39. The largest absolute Gasteiger partial charge is 0.449 e. The van der Waals surface area contributed by atoms with Gasteiger partial charge in [-0.25, -0.2) is 9.78 Å². The van der Waals surface area contributed by atoms with Crippen LogP contribution in [-0.2, 0) is 29.7 Å². The molecule has 1 N–H and O–H groups in total. The van der Waals surface area contributed by atoms with E-state index in [4.69, 9.17) is 4.74 Å². The maximum atomic E-state index is 13.7. The molecule has 1 aliphatic heterocycles. The summed E-state index contributed by atoms with van der Waals surface area (Å²) < 4.78 is 128. The number of aromatic nitrogens is 1. The molecule has 1 aliphatic rings. The number of benzene rings is 2. The Kier molecular flexibility index (Phi) is 9.48. The molecule has 1 amide bonds. The number of nitrogens with one attached hydrogen (secondary N) is 1. The second-order valence-corrected chi connectivity index (χ2v) is 11.0. The third-order valence-electron chi connectivity index (χ3n) is 7.08. The first-order valence-electron chi connectivity index (χ1n) is 13.3. The molecule has 0 aliphatic carbocycles. The van der Waals surface area contributed by atoms with Crippen molar-refractivity contribution in [2.75, 3.05) is 16.8 Å². The number of anilines is 2. The molecule has 2 atom stereocenters. The molecule has 0 fully saturated rings. The summed E-state index contributed by atoms with van der Waals surface area (Å²) in [6.07, 6.45) is -14.1. The molecule has 4 rings (SSSR count). The first-order valence-corrected chi connectivity index (χ1v) is 14.1. The van der Waals surface area contributed by atoms with Gasteiger partial charge in [0.05, 0.1) is 35.0 Å². The van der Waals surface area contributed by atoms with Gasteiger partial charge < -0.3 is 10.1 Å². The fourth-order valence-electron chi connectivity index (χ4n) is 5.11. The van der Waals surface area contributed by atoms with Crippen LogP contribution < -0.4 is 10.2 Å². The predicted molar refractivity (Wildman–Crippen MR) is 147 cm³/mol. The average molecular weight is 698 g/mol. The molecule has 2 heterocycles. The van der Waals surface area contributed by atoms with Crippen molar-refractivity contribution >= 4 is 33.5 Å². The van der Waals surface area contributed by atoms with E-state index in [9.17, 15) is 44.3 Å². The summed E-state index contributed by atoms with van der Waals surface area (Å²) >= 11 is 3.21. The number of nitrogens with zero attached hydrogens (tertiary/aromatic N) is 2. The Balaban J connectivity index is 1.80. The highest BCUT2D eigenvalue weighted by molar-refractivity contribution is 9.10. The number of pyridine rings is 1. The molecule has 0 spiro atoms. The molecular weight excluding hydrogens is 673 g/mol. The van der Waals surface area contributed by atoms with Crippen molar-refractivity contribution in [1.29, 1.82) is 0 Å². The van der Waals surface area contributed by atoms with Crippen LogP contribution in [0, 0.1) is 0 Å². The lowest BCUT2D eigenvalue weighted by Gasteiger charge is -2.40. The smallest absolute Gasteiger partial charge is 0.416 e. The van der Waals surface area contributed by atoms with E-state index in [0.717, 1.165) is 12.1 Å². The highest BCUT2D eigenvalue weighted by Gasteiger charge is 2.40. The van der Waals surface area contributed by atoms with Crippen LogP contribution in [0.3, 0.4) is 0 Å². The Morgan fingerprint density at radius 3 is 2.09 bits per heavy atom. The number of hydrogen-bond donors (Lipinski definition) is 1. The fraction of sp³-hybridized carbons (Fsp3) is 0.379. The minimum Gasteiger partial charge on any atom is -0.449 e. The Morgan fingerprint density at radius 1 is 0.932 bits per heavy atom. The molecule has 0 radical (unpaired) electrons. The van der Waals surface area contributed by atoms with Gasteiger partial charge in [-0.15, -0.1) is 0 Å². The molecular formula is C29H25BrF9N3O2. The van der Waals surface area contributed by atoms with Crippen molar-refractivity contribution < 1.29 is 49.0 Å². The van der Waals surface area contributed by atoms with Crippen molar-refractivity contribution in [2.24, 2.45) is 0 Å². The zero-order valence-corrected chi connectivity index (χ0v) is 24.7. The lowest BCUT2D eigenvalue weighted by molar-refractivity contribution is -0.143. The number of hydrogen-bond acceptors (Lipinski definition) is 4. The van der Waals surface area contributed by atoms with Crippen molar-refractivity contribution in [1.82, 2.24) is 4.98 Å². The highest BCUT2D eigenvalue weighted by Crippen LogP contribution is 2.44. The summed E-state index contributed by atoms with van der Waals surface area (Å²) in [7, 11) is 0. The topological polar surface area (TPSA) is 54.5 Å². The van der Waals surface area contributed by atoms with Crippen LogP contribution in [0.15, 0.2) is 53.1 Å². The normalized spacial score (nSPS) is 17.3. The van der Waals surface area contributed by atoms with Gasteiger partial charge in [0, 0.05) is 23.1 Å². The van der Waals surface area contributed by atoms with Crippen LogP contribution in [-0.4, -0.2) is 23.7 Å². The zero-order valence-electron chi connectivity index (χ0n) is 23.1. The van der Waals surface area contributed by atoms with E-state index < -0.39 is 59.8 Å². The lowest BCUT2D eigenvalue weighted by Crippen LogP contribution is -2.46. The molecule has 238 valence electrons. The number of carbonyl (C=O) groups is 1. The van der Waals surface area contributed by atoms with Gasteiger partial charge in [-0.1, -0.05) is 6.92 Å². The summed E-state index contributed by atoms with van der Waals surface area (Å²) in [5, 5.41) is 3.05. The Hall–Kier alpha value is -3.49. The SMILES string of the molecule is CCOC(=O)N1c2ccc(C(F)(F)F)cc2[C@@H](Nc2ncc(Br)cc2Cc2cc(C(F)(F)F)cc(C(F)(F)F)c2)C[C@H]1CC. The van der Waals surface area contributed by atoms with Crippen molar-refractivity contribution in [3.05, 3.63) is 86.5 Å². The molecule has 3 aromatic rings. The molecule has 2 aromatic carbocycles. The van der Waals surface area contributed by atoms with Crippen molar-refractivity contribution in [3.8, 4) is 0 Å². The number of halogens is 10. The van der Waals surface area contributed by atoms with Crippen LogP contribution in [0.25, 0.3) is 0 Å². The average Bonchev–Trinajstić information content (AvgIpc) is 2.92. The summed E-state index contributed by atoms with van der Waals surface area (Å²) in [4.78, 5) is 18.4. The third kappa shape index (κ3) is 7.41. The number of rotatable bonds is 6. The van der Waals surface area contributed by atoms with Crippen LogP contribution in [0.4, 0.5) is 55.8 Å². The molecule has 5 nitrogen and oxygen atoms in total. The van der Waals surface area contributed by atoms with E-state index in [2.05, 4.69) is 26.2 Å². The van der Waals surface area contributed by atoms with Crippen LogP contribution >= 0.6 is 15.9 Å². The lowest BCUT2D eigenvalue weighted by atomic mass is 9.88. The minimum atomic E-state index is -5.05. The third-order valence-corrected chi connectivity index (χ3v) is 7.52. The zero-order chi connectivity index (χ0) is 32.6. The second-order valence-electron chi connectivity index (χ2n) is 10.1. The minimum absolute atomic E-state index is 0.0270. The van der Waals surface area contributed by atoms with Crippen LogP contribution in [0.1, 0.15) is 66.1 Å². The second kappa shape index (κ2) is 12.5. The molecule has 0 saturated carbocycles. The van der Waals surface area contributed by atoms with Gasteiger partial charge >= 0.3 is 24.6 Å². The molecule has 15 heteroatoms. The maximum absolute atomic E-state index is 13.7. The first kappa shape index (κ1) is 33.4. The number of alkyl halides is 9. The van der Waals surface area contributed by atoms with Crippen molar-refractivity contribution in [2.45, 2.75) is 63.7 Å². The van der Waals surface area contributed by atoms with Crippen LogP contribution in [0.5, 0.6) is 0 Å². The van der Waals surface area contributed by atoms with E-state index in [1.807, 2.05) is 0 Å². The Labute approximate surface area is 254 Å². The van der Waals surface area contributed by atoms with Gasteiger partial charge in [0.1, 0.15) is 5.82 Å². The highest BCUT2D eigenvalue weighted by atomic mass is 79.9. The van der Waals surface area contributed by atoms with Gasteiger partial charge in [0.2, 0.25) is 0 Å². The van der Waals surface area contributed by atoms with Gasteiger partial charge in [-0.3, -0.25) is 4.90 Å². The Bertz CT molecular complexity index is 1490. The van der Waals surface area contributed by atoms with E-state index in [1.54, 1.807) is 13.8 Å². The first-order chi connectivity index (χ1) is 20.4. The van der Waals surface area contributed by atoms with Crippen LogP contribution in [0.2, 0.25) is 0 Å². The predicted octanol–water partition coefficient (Wildman–Crippen LogP) is 9.79. The fourth-order valence-corrected chi connectivity index (χ4v) is 5.49. The van der Waals surface area contributed by atoms with E-state index in [1.165, 1.54) is 23.2 Å². The quantitative estimate of drug-likeness (QED) is 0.261. The number of fused-ring (bicyclic) bond motifs is 1. The molecule has 44 heavy (non-hydrogen) atoms. The monoisotopic (exact) mass is 697 g/mol. The maximum Gasteiger partial charge on any atom is 0.416 e. The number of carbonyl (C=O) groups excluding carboxylic acids is 1. The van der Waals surface area contributed by atoms with E-state index in [0.29, 0.717) is 23.0 Å². The summed E-state index contributed by atoms with van der Waals surface area (Å²) in [5.41, 5.74) is -3.81. The van der Waals surface area contributed by atoms with Gasteiger partial charge in [-0.2, -0.15) is 39.5 Å². The van der Waals surface area contributed by atoms with E-state index in [-0.39, 0.29) is 47.3 Å². The standard InChI is InChI=1S/C29H25BrF9N3O2/c1-3-21-13-23(22-12-17(27(31,32)33)5-6-24(22)42(21)26(43)44-4-2)41-25-16(10-20(30)14-40-25)7-15-8-18(28(34,35)36)11-19(9-15)29(37,38)39/h5-6,8-12,14,21,23H,3-4,7,13H2,1-2H3,(H,40,41)/t21-,23+/m1/s1. The van der Waals surface area contributed by atoms with Gasteiger partial charge in [0.25, 0.3) is 0 Å². The molecule has 0 unspecified atom stereocenters. The van der Waals surface area contributed by atoms with E-state index >= 15 is 0 Å².